The van der Waals surface area contributed by atoms with Crippen molar-refractivity contribution in [3.8, 4) is 0 Å². The van der Waals surface area contributed by atoms with E-state index in [4.69, 9.17) is 0 Å². The molecule has 4 nitrogen and oxygen atoms in total. The quantitative estimate of drug-likeness (QED) is 0.804. The number of likely N-dealkylation sites (N-methyl/N-ethyl adjacent to an activating group) is 1. The number of hydrogen-bond donors (Lipinski definition) is 0. The second-order valence-corrected chi connectivity index (χ2v) is 5.68. The smallest absolute Gasteiger partial charge is 0.242 e. The SMILES string of the molecule is CN(CC(=O)N1CCCC1)C(=O)CCCc1ccccc1. The van der Waals surface area contributed by atoms with E-state index in [-0.39, 0.29) is 18.4 Å². The molecule has 2 rings (SSSR count). The Morgan fingerprint density at radius 1 is 1.14 bits per heavy atom. The van der Waals surface area contributed by atoms with Crippen molar-refractivity contribution in [2.45, 2.75) is 32.1 Å². The molecule has 0 atom stereocenters. The van der Waals surface area contributed by atoms with Gasteiger partial charge in [0.2, 0.25) is 11.8 Å². The van der Waals surface area contributed by atoms with Crippen LogP contribution < -0.4 is 0 Å². The van der Waals surface area contributed by atoms with E-state index >= 15 is 0 Å². The minimum atomic E-state index is 0.0541. The average Bonchev–Trinajstić information content (AvgIpc) is 3.02. The predicted octanol–water partition coefficient (Wildman–Crippen LogP) is 2.09. The molecule has 1 heterocycles. The first kappa shape index (κ1) is 15.5. The average molecular weight is 288 g/mol. The van der Waals surface area contributed by atoms with E-state index < -0.39 is 0 Å². The Balaban J connectivity index is 1.68. The van der Waals surface area contributed by atoms with E-state index in [0.717, 1.165) is 38.8 Å². The van der Waals surface area contributed by atoms with Gasteiger partial charge in [0.1, 0.15) is 0 Å². The van der Waals surface area contributed by atoms with Crippen LogP contribution in [0.4, 0.5) is 0 Å². The van der Waals surface area contributed by atoms with Gasteiger partial charge in [-0.05, 0) is 31.2 Å². The molecule has 0 aromatic heterocycles. The van der Waals surface area contributed by atoms with Crippen molar-refractivity contribution in [1.82, 2.24) is 9.80 Å². The van der Waals surface area contributed by atoms with Gasteiger partial charge in [-0.2, -0.15) is 0 Å². The monoisotopic (exact) mass is 288 g/mol. The lowest BCUT2D eigenvalue weighted by atomic mass is 10.1. The van der Waals surface area contributed by atoms with Gasteiger partial charge in [-0.25, -0.2) is 0 Å². The van der Waals surface area contributed by atoms with Gasteiger partial charge in [0.25, 0.3) is 0 Å². The molecule has 0 spiro atoms. The van der Waals surface area contributed by atoms with Crippen LogP contribution in [0.1, 0.15) is 31.2 Å². The van der Waals surface area contributed by atoms with Crippen LogP contribution in [0.15, 0.2) is 30.3 Å². The third-order valence-corrected chi connectivity index (χ3v) is 3.96. The molecule has 0 saturated carbocycles. The number of carbonyl (C=O) groups is 2. The zero-order valence-electron chi connectivity index (χ0n) is 12.8. The highest BCUT2D eigenvalue weighted by atomic mass is 16.2. The third kappa shape index (κ3) is 4.88. The summed E-state index contributed by atoms with van der Waals surface area (Å²) in [5.74, 6) is 0.130. The molecular weight excluding hydrogens is 264 g/mol. The standard InChI is InChI=1S/C17H24N2O2/c1-18(14-17(21)19-12-5-6-13-19)16(20)11-7-10-15-8-3-2-4-9-15/h2-4,8-9H,5-7,10-14H2,1H3. The van der Waals surface area contributed by atoms with Gasteiger partial charge in [0.05, 0.1) is 6.54 Å². The zero-order valence-corrected chi connectivity index (χ0v) is 12.8. The summed E-state index contributed by atoms with van der Waals surface area (Å²) in [6.07, 6.45) is 4.39. The molecule has 1 aromatic rings. The fraction of sp³-hybridized carbons (Fsp3) is 0.529. The van der Waals surface area contributed by atoms with Gasteiger partial charge >= 0.3 is 0 Å². The van der Waals surface area contributed by atoms with E-state index in [1.54, 1.807) is 11.9 Å². The Bertz CT molecular complexity index is 467. The Morgan fingerprint density at radius 2 is 1.81 bits per heavy atom. The Kier molecular flexibility index (Phi) is 5.78. The normalized spacial score (nSPS) is 14.2. The summed E-state index contributed by atoms with van der Waals surface area (Å²) in [4.78, 5) is 27.4. The molecule has 0 radical (unpaired) electrons. The summed E-state index contributed by atoms with van der Waals surface area (Å²) in [5.41, 5.74) is 1.25. The predicted molar refractivity (Wildman–Crippen MR) is 82.8 cm³/mol. The fourth-order valence-electron chi connectivity index (χ4n) is 2.64. The van der Waals surface area contributed by atoms with Crippen LogP contribution in [0.5, 0.6) is 0 Å². The summed E-state index contributed by atoms with van der Waals surface area (Å²) >= 11 is 0. The van der Waals surface area contributed by atoms with Crippen LogP contribution in [0.2, 0.25) is 0 Å². The van der Waals surface area contributed by atoms with Gasteiger partial charge in [0.15, 0.2) is 0 Å². The van der Waals surface area contributed by atoms with Crippen molar-refractivity contribution in [2.75, 3.05) is 26.7 Å². The van der Waals surface area contributed by atoms with Gasteiger partial charge in [-0.1, -0.05) is 30.3 Å². The molecule has 4 heteroatoms. The van der Waals surface area contributed by atoms with Crippen LogP contribution in [-0.2, 0) is 16.0 Å². The van der Waals surface area contributed by atoms with Crippen LogP contribution in [0, 0.1) is 0 Å². The summed E-state index contributed by atoms with van der Waals surface area (Å²) in [5, 5.41) is 0. The number of amides is 2. The van der Waals surface area contributed by atoms with Gasteiger partial charge in [-0.15, -0.1) is 0 Å². The molecule has 2 amide bonds. The largest absolute Gasteiger partial charge is 0.341 e. The molecule has 1 fully saturated rings. The lowest BCUT2D eigenvalue weighted by Crippen LogP contribution is -2.39. The summed E-state index contributed by atoms with van der Waals surface area (Å²) in [7, 11) is 1.72. The van der Waals surface area contributed by atoms with Crippen molar-refractivity contribution in [3.63, 3.8) is 0 Å². The van der Waals surface area contributed by atoms with Crippen LogP contribution >= 0.6 is 0 Å². The molecule has 0 N–H and O–H groups in total. The highest BCUT2D eigenvalue weighted by Gasteiger charge is 2.20. The van der Waals surface area contributed by atoms with Gasteiger partial charge < -0.3 is 9.80 Å². The molecule has 114 valence electrons. The van der Waals surface area contributed by atoms with Crippen molar-refractivity contribution in [1.29, 1.82) is 0 Å². The van der Waals surface area contributed by atoms with Crippen molar-refractivity contribution < 1.29 is 9.59 Å². The number of aryl methyl sites for hydroxylation is 1. The maximum atomic E-state index is 12.0. The van der Waals surface area contributed by atoms with Gasteiger partial charge in [-0.3, -0.25) is 9.59 Å². The first-order chi connectivity index (χ1) is 10.2. The van der Waals surface area contributed by atoms with Crippen LogP contribution in [0.25, 0.3) is 0 Å². The highest BCUT2D eigenvalue weighted by molar-refractivity contribution is 5.84. The second-order valence-electron chi connectivity index (χ2n) is 5.68. The molecule has 21 heavy (non-hydrogen) atoms. The van der Waals surface area contributed by atoms with Crippen LogP contribution in [0.3, 0.4) is 0 Å². The van der Waals surface area contributed by atoms with Crippen molar-refractivity contribution >= 4 is 11.8 Å². The maximum absolute atomic E-state index is 12.0. The molecule has 0 aliphatic carbocycles. The van der Waals surface area contributed by atoms with Crippen molar-refractivity contribution in [2.24, 2.45) is 0 Å². The van der Waals surface area contributed by atoms with Crippen LogP contribution in [-0.4, -0.2) is 48.3 Å². The van der Waals surface area contributed by atoms with E-state index in [2.05, 4.69) is 12.1 Å². The highest BCUT2D eigenvalue weighted by Crippen LogP contribution is 2.09. The lowest BCUT2D eigenvalue weighted by Gasteiger charge is -2.21. The summed E-state index contributed by atoms with van der Waals surface area (Å²) in [6, 6.07) is 10.2. The third-order valence-electron chi connectivity index (χ3n) is 3.96. The number of benzene rings is 1. The second kappa shape index (κ2) is 7.81. The molecule has 0 bridgehead atoms. The molecular formula is C17H24N2O2. The number of hydrogen-bond acceptors (Lipinski definition) is 2. The first-order valence-corrected chi connectivity index (χ1v) is 7.72. The molecule has 1 aromatic carbocycles. The maximum Gasteiger partial charge on any atom is 0.242 e. The number of nitrogens with zero attached hydrogens (tertiary/aromatic N) is 2. The Hall–Kier alpha value is -1.84. The number of carbonyl (C=O) groups excluding carboxylic acids is 2. The Labute approximate surface area is 126 Å². The molecule has 0 unspecified atom stereocenters. The first-order valence-electron chi connectivity index (χ1n) is 7.72. The summed E-state index contributed by atoms with van der Waals surface area (Å²) in [6.45, 7) is 1.90. The zero-order chi connectivity index (χ0) is 15.1. The van der Waals surface area contributed by atoms with E-state index in [0.29, 0.717) is 6.42 Å². The lowest BCUT2D eigenvalue weighted by molar-refractivity contribution is -0.138. The van der Waals surface area contributed by atoms with Crippen molar-refractivity contribution in [3.05, 3.63) is 35.9 Å². The number of rotatable bonds is 6. The summed E-state index contributed by atoms with van der Waals surface area (Å²) < 4.78 is 0. The molecule has 1 aliphatic rings. The molecule has 1 saturated heterocycles. The topological polar surface area (TPSA) is 40.6 Å². The number of likely N-dealkylation sites (tertiary alicyclic amines) is 1. The van der Waals surface area contributed by atoms with E-state index in [1.807, 2.05) is 23.1 Å². The fourth-order valence-corrected chi connectivity index (χ4v) is 2.64. The Morgan fingerprint density at radius 3 is 2.48 bits per heavy atom. The van der Waals surface area contributed by atoms with Gasteiger partial charge in [0, 0.05) is 26.6 Å². The minimum Gasteiger partial charge on any atom is -0.341 e. The van der Waals surface area contributed by atoms with E-state index in [1.165, 1.54) is 5.56 Å². The molecule has 1 aliphatic heterocycles. The van der Waals surface area contributed by atoms with E-state index in [9.17, 15) is 9.59 Å². The minimum absolute atomic E-state index is 0.0541.